The summed E-state index contributed by atoms with van der Waals surface area (Å²) < 4.78 is 1.04. The molecule has 1 heterocycles. The van der Waals surface area contributed by atoms with Gasteiger partial charge in [-0.3, -0.25) is 4.98 Å². The Morgan fingerprint density at radius 2 is 2.33 bits per heavy atom. The topological polar surface area (TPSA) is 38.9 Å². The Balaban J connectivity index is 0.00000121. The SMILES string of the molecule is CC(N)Cc1ncccc1Br.Cl. The van der Waals surface area contributed by atoms with Gasteiger partial charge in [0, 0.05) is 23.1 Å². The fourth-order valence-electron chi connectivity index (χ4n) is 0.874. The van der Waals surface area contributed by atoms with E-state index in [1.54, 1.807) is 6.20 Å². The molecule has 0 saturated heterocycles. The highest BCUT2D eigenvalue weighted by molar-refractivity contribution is 9.10. The van der Waals surface area contributed by atoms with Crippen LogP contribution in [0.25, 0.3) is 0 Å². The molecule has 0 saturated carbocycles. The highest BCUT2D eigenvalue weighted by atomic mass is 79.9. The van der Waals surface area contributed by atoms with Crippen molar-refractivity contribution in [3.05, 3.63) is 28.5 Å². The van der Waals surface area contributed by atoms with E-state index in [1.807, 2.05) is 19.1 Å². The Morgan fingerprint density at radius 1 is 1.67 bits per heavy atom. The fourth-order valence-corrected chi connectivity index (χ4v) is 1.29. The molecule has 1 atom stereocenters. The van der Waals surface area contributed by atoms with E-state index in [9.17, 15) is 0 Å². The minimum atomic E-state index is 0. The van der Waals surface area contributed by atoms with Crippen LogP contribution < -0.4 is 5.73 Å². The number of rotatable bonds is 2. The van der Waals surface area contributed by atoms with E-state index >= 15 is 0 Å². The van der Waals surface area contributed by atoms with Crippen molar-refractivity contribution in [1.82, 2.24) is 4.98 Å². The second kappa shape index (κ2) is 5.51. The van der Waals surface area contributed by atoms with Crippen LogP contribution in [0.5, 0.6) is 0 Å². The Morgan fingerprint density at radius 3 is 2.83 bits per heavy atom. The first-order valence-corrected chi connectivity index (χ1v) is 4.34. The largest absolute Gasteiger partial charge is 0.328 e. The van der Waals surface area contributed by atoms with Gasteiger partial charge in [0.25, 0.3) is 0 Å². The van der Waals surface area contributed by atoms with Crippen LogP contribution in [0.3, 0.4) is 0 Å². The van der Waals surface area contributed by atoms with Gasteiger partial charge in [-0.15, -0.1) is 12.4 Å². The van der Waals surface area contributed by atoms with Crippen molar-refractivity contribution in [2.24, 2.45) is 5.73 Å². The van der Waals surface area contributed by atoms with Crippen molar-refractivity contribution in [1.29, 1.82) is 0 Å². The van der Waals surface area contributed by atoms with Gasteiger partial charge in [0.05, 0.1) is 5.69 Å². The molecule has 2 N–H and O–H groups in total. The average molecular weight is 252 g/mol. The number of aromatic nitrogens is 1. The monoisotopic (exact) mass is 250 g/mol. The number of halogens is 2. The van der Waals surface area contributed by atoms with E-state index in [4.69, 9.17) is 5.73 Å². The predicted molar refractivity (Wildman–Crippen MR) is 56.5 cm³/mol. The lowest BCUT2D eigenvalue weighted by Crippen LogP contribution is -2.18. The van der Waals surface area contributed by atoms with Crippen LogP contribution in [0.15, 0.2) is 22.8 Å². The molecule has 12 heavy (non-hydrogen) atoms. The lowest BCUT2D eigenvalue weighted by molar-refractivity contribution is 0.719. The highest BCUT2D eigenvalue weighted by Crippen LogP contribution is 2.13. The van der Waals surface area contributed by atoms with Gasteiger partial charge in [0.1, 0.15) is 0 Å². The van der Waals surface area contributed by atoms with Gasteiger partial charge in [0.2, 0.25) is 0 Å². The molecule has 0 aliphatic rings. The molecule has 2 nitrogen and oxygen atoms in total. The lowest BCUT2D eigenvalue weighted by Gasteiger charge is -2.04. The van der Waals surface area contributed by atoms with Gasteiger partial charge in [-0.25, -0.2) is 0 Å². The minimum absolute atomic E-state index is 0. The molecule has 1 unspecified atom stereocenters. The number of hydrogen-bond acceptors (Lipinski definition) is 2. The zero-order valence-corrected chi connectivity index (χ0v) is 9.23. The number of nitrogens with zero attached hydrogens (tertiary/aromatic N) is 1. The van der Waals surface area contributed by atoms with E-state index in [2.05, 4.69) is 20.9 Å². The summed E-state index contributed by atoms with van der Waals surface area (Å²) in [7, 11) is 0. The molecule has 0 bridgehead atoms. The summed E-state index contributed by atoms with van der Waals surface area (Å²) in [5.74, 6) is 0. The molecule has 4 heteroatoms. The zero-order chi connectivity index (χ0) is 8.27. The maximum absolute atomic E-state index is 5.63. The average Bonchev–Trinajstić information content (AvgIpc) is 1.93. The molecule has 0 aliphatic carbocycles. The number of nitrogens with two attached hydrogens (primary N) is 1. The smallest absolute Gasteiger partial charge is 0.0560 e. The molecular formula is C8H12BrClN2. The number of hydrogen-bond donors (Lipinski definition) is 1. The Bertz CT molecular complexity index is 240. The summed E-state index contributed by atoms with van der Waals surface area (Å²) in [4.78, 5) is 4.19. The van der Waals surface area contributed by atoms with E-state index in [1.165, 1.54) is 0 Å². The minimum Gasteiger partial charge on any atom is -0.328 e. The normalized spacial score (nSPS) is 11.9. The molecule has 1 aromatic heterocycles. The zero-order valence-electron chi connectivity index (χ0n) is 6.83. The fraction of sp³-hybridized carbons (Fsp3) is 0.375. The third-order valence-corrected chi connectivity index (χ3v) is 2.07. The Kier molecular flexibility index (Phi) is 5.46. The summed E-state index contributed by atoms with van der Waals surface area (Å²) in [6, 6.07) is 4.04. The molecule has 0 radical (unpaired) electrons. The number of pyridine rings is 1. The van der Waals surface area contributed by atoms with Crippen LogP contribution >= 0.6 is 28.3 Å². The van der Waals surface area contributed by atoms with E-state index in [-0.39, 0.29) is 18.4 Å². The maximum atomic E-state index is 5.63. The van der Waals surface area contributed by atoms with E-state index in [0.29, 0.717) is 0 Å². The van der Waals surface area contributed by atoms with Gasteiger partial charge in [-0.05, 0) is 35.0 Å². The summed E-state index contributed by atoms with van der Waals surface area (Å²) in [5, 5.41) is 0. The van der Waals surface area contributed by atoms with Crippen LogP contribution in [-0.4, -0.2) is 11.0 Å². The first-order valence-electron chi connectivity index (χ1n) is 3.55. The third kappa shape index (κ3) is 3.52. The highest BCUT2D eigenvalue weighted by Gasteiger charge is 2.01. The Hall–Kier alpha value is -0.120. The van der Waals surface area contributed by atoms with Crippen LogP contribution in [-0.2, 0) is 6.42 Å². The summed E-state index contributed by atoms with van der Waals surface area (Å²) in [6.45, 7) is 1.97. The van der Waals surface area contributed by atoms with Gasteiger partial charge in [0.15, 0.2) is 0 Å². The van der Waals surface area contributed by atoms with Crippen molar-refractivity contribution < 1.29 is 0 Å². The van der Waals surface area contributed by atoms with Gasteiger partial charge < -0.3 is 5.73 Å². The first-order chi connectivity index (χ1) is 5.20. The van der Waals surface area contributed by atoms with Crippen molar-refractivity contribution in [2.45, 2.75) is 19.4 Å². The van der Waals surface area contributed by atoms with Gasteiger partial charge in [-0.2, -0.15) is 0 Å². The third-order valence-electron chi connectivity index (χ3n) is 1.35. The summed E-state index contributed by atoms with van der Waals surface area (Å²) in [6.07, 6.45) is 2.60. The molecule has 0 aliphatic heterocycles. The van der Waals surface area contributed by atoms with Crippen molar-refractivity contribution in [3.8, 4) is 0 Å². The maximum Gasteiger partial charge on any atom is 0.0560 e. The lowest BCUT2D eigenvalue weighted by atomic mass is 10.2. The van der Waals surface area contributed by atoms with Gasteiger partial charge >= 0.3 is 0 Å². The molecule has 0 amide bonds. The van der Waals surface area contributed by atoms with Crippen LogP contribution in [0.1, 0.15) is 12.6 Å². The molecule has 0 spiro atoms. The molecule has 0 fully saturated rings. The Labute approximate surface area is 87.1 Å². The van der Waals surface area contributed by atoms with Crippen molar-refractivity contribution >= 4 is 28.3 Å². The molecule has 1 rings (SSSR count). The second-order valence-corrected chi connectivity index (χ2v) is 3.47. The van der Waals surface area contributed by atoms with Crippen molar-refractivity contribution in [3.63, 3.8) is 0 Å². The molecule has 0 aromatic carbocycles. The summed E-state index contributed by atoms with van der Waals surface area (Å²) >= 11 is 3.41. The summed E-state index contributed by atoms with van der Waals surface area (Å²) in [5.41, 5.74) is 6.66. The van der Waals surface area contributed by atoms with Crippen LogP contribution in [0.2, 0.25) is 0 Å². The predicted octanol–water partition coefficient (Wildman–Crippen LogP) is 2.16. The molecule has 68 valence electrons. The van der Waals surface area contributed by atoms with Crippen LogP contribution in [0.4, 0.5) is 0 Å². The van der Waals surface area contributed by atoms with Gasteiger partial charge in [-0.1, -0.05) is 0 Å². The second-order valence-electron chi connectivity index (χ2n) is 2.61. The molecule has 1 aromatic rings. The van der Waals surface area contributed by atoms with E-state index < -0.39 is 0 Å². The molecular weight excluding hydrogens is 239 g/mol. The van der Waals surface area contributed by atoms with Crippen LogP contribution in [0, 0.1) is 0 Å². The standard InChI is InChI=1S/C8H11BrN2.ClH/c1-6(10)5-8-7(9)3-2-4-11-8;/h2-4,6H,5,10H2,1H3;1H. The van der Waals surface area contributed by atoms with Crippen molar-refractivity contribution in [2.75, 3.05) is 0 Å². The quantitative estimate of drug-likeness (QED) is 0.875. The van der Waals surface area contributed by atoms with E-state index in [0.717, 1.165) is 16.6 Å². The first kappa shape index (κ1) is 11.9.